The Hall–Kier alpha value is -5.12. The molecule has 0 aromatic heterocycles. The Morgan fingerprint density at radius 2 is 1.04 bits per heavy atom. The molecule has 9 nitrogen and oxygen atoms in total. The predicted octanol–water partition coefficient (Wildman–Crippen LogP) is 4.37. The van der Waals surface area contributed by atoms with Crippen LogP contribution in [0.1, 0.15) is 23.0 Å². The van der Waals surface area contributed by atoms with Crippen LogP contribution in [-0.4, -0.2) is 67.5 Å². The highest BCUT2D eigenvalue weighted by Gasteiger charge is 2.44. The molecule has 4 N–H and O–H groups in total. The molecule has 9 heteroatoms. The fourth-order valence-electron chi connectivity index (χ4n) is 8.34. The Kier molecular flexibility index (Phi) is 5.97. The molecule has 0 saturated heterocycles. The number of hydrogen-bond acceptors (Lipinski definition) is 9. The first-order valence-electron chi connectivity index (χ1n) is 15.3. The normalized spacial score (nSPS) is 21.0. The van der Waals surface area contributed by atoms with Crippen molar-refractivity contribution in [3.8, 4) is 23.0 Å². The second kappa shape index (κ2) is 9.69. The van der Waals surface area contributed by atoms with Crippen LogP contribution in [0, 0.1) is 0 Å². The number of hydrogen-bond donors (Lipinski definition) is 4. The monoisotopic (exact) mass is 615 g/mol. The van der Waals surface area contributed by atoms with Gasteiger partial charge >= 0.3 is 0 Å². The summed E-state index contributed by atoms with van der Waals surface area (Å²) in [5.41, 5.74) is 3.06. The molecule has 1 heterocycles. The molecular weight excluding hydrogens is 582 g/mol. The highest BCUT2D eigenvalue weighted by Crippen LogP contribution is 2.59. The van der Waals surface area contributed by atoms with Crippen molar-refractivity contribution in [1.29, 1.82) is 0 Å². The number of phenolic OH excluding ortho intramolecular Hbond substituents is 4. The van der Waals surface area contributed by atoms with E-state index in [1.54, 1.807) is 24.3 Å². The molecule has 1 aliphatic carbocycles. The topological polar surface area (TPSA) is 137 Å². The fraction of sp³-hybridized carbons (Fsp3) is 0.243. The van der Waals surface area contributed by atoms with Gasteiger partial charge in [-0.15, -0.1) is 12.2 Å². The number of aromatic hydroxyl groups is 4. The highest BCUT2D eigenvalue weighted by atomic mass is 16.3. The number of anilines is 3. The SMILES string of the molecule is CN(C)c1c2cccc(O)c2c(C2C([O-])C(c3c4c(O)cccc4c4c5c(ccc(O)c35)N(C)CN4C)C2[O-])c2c(O)cccc12. The van der Waals surface area contributed by atoms with E-state index in [4.69, 9.17) is 0 Å². The summed E-state index contributed by atoms with van der Waals surface area (Å²) >= 11 is 0. The molecule has 2 atom stereocenters. The zero-order chi connectivity index (χ0) is 32.3. The van der Waals surface area contributed by atoms with Crippen LogP contribution < -0.4 is 24.9 Å². The Morgan fingerprint density at radius 3 is 1.57 bits per heavy atom. The Morgan fingerprint density at radius 1 is 0.587 bits per heavy atom. The van der Waals surface area contributed by atoms with Gasteiger partial charge in [-0.25, -0.2) is 0 Å². The molecule has 8 rings (SSSR count). The minimum absolute atomic E-state index is 0.0757. The summed E-state index contributed by atoms with van der Waals surface area (Å²) in [6.07, 6.45) is -3.03. The summed E-state index contributed by atoms with van der Waals surface area (Å²) in [7, 11) is 7.60. The maximum absolute atomic E-state index is 14.7. The summed E-state index contributed by atoms with van der Waals surface area (Å²) in [5.74, 6) is -2.59. The predicted molar refractivity (Wildman–Crippen MR) is 179 cm³/mol. The third-order valence-electron chi connectivity index (χ3n) is 10.1. The summed E-state index contributed by atoms with van der Waals surface area (Å²) in [4.78, 5) is 5.96. The number of rotatable bonds is 3. The van der Waals surface area contributed by atoms with Gasteiger partial charge in [-0.1, -0.05) is 36.4 Å². The van der Waals surface area contributed by atoms with Crippen LogP contribution >= 0.6 is 0 Å². The van der Waals surface area contributed by atoms with E-state index in [-0.39, 0.29) is 23.0 Å². The first-order chi connectivity index (χ1) is 22.0. The van der Waals surface area contributed by atoms with E-state index < -0.39 is 24.0 Å². The van der Waals surface area contributed by atoms with Crippen LogP contribution in [0.5, 0.6) is 23.0 Å². The van der Waals surface area contributed by atoms with Gasteiger partial charge in [0, 0.05) is 77.0 Å². The van der Waals surface area contributed by atoms with E-state index in [1.165, 1.54) is 18.2 Å². The summed E-state index contributed by atoms with van der Waals surface area (Å²) in [6, 6.07) is 18.7. The molecule has 1 fully saturated rings. The van der Waals surface area contributed by atoms with Gasteiger partial charge < -0.3 is 45.3 Å². The second-order valence-corrected chi connectivity index (χ2v) is 12.9. The molecule has 2 unspecified atom stereocenters. The lowest BCUT2D eigenvalue weighted by Crippen LogP contribution is -2.63. The lowest BCUT2D eigenvalue weighted by atomic mass is 9.60. The number of phenols is 4. The van der Waals surface area contributed by atoms with Crippen molar-refractivity contribution in [2.75, 3.05) is 49.6 Å². The minimum Gasteiger partial charge on any atom is -0.851 e. The Balaban J connectivity index is 1.44. The Bertz CT molecular complexity index is 2190. The maximum Gasteiger partial charge on any atom is 0.123 e. The van der Waals surface area contributed by atoms with Crippen molar-refractivity contribution in [3.63, 3.8) is 0 Å². The molecule has 0 radical (unpaired) electrons. The van der Waals surface area contributed by atoms with E-state index in [9.17, 15) is 30.6 Å². The smallest absolute Gasteiger partial charge is 0.123 e. The van der Waals surface area contributed by atoms with Crippen LogP contribution in [0.3, 0.4) is 0 Å². The van der Waals surface area contributed by atoms with Gasteiger partial charge in [0.15, 0.2) is 0 Å². The van der Waals surface area contributed by atoms with E-state index in [0.29, 0.717) is 60.9 Å². The van der Waals surface area contributed by atoms with E-state index in [2.05, 4.69) is 0 Å². The number of nitrogens with zero attached hydrogens (tertiary/aromatic N) is 3. The zero-order valence-corrected chi connectivity index (χ0v) is 25.8. The van der Waals surface area contributed by atoms with Crippen LogP contribution in [0.4, 0.5) is 17.1 Å². The minimum atomic E-state index is -1.52. The fourth-order valence-corrected chi connectivity index (χ4v) is 8.34. The van der Waals surface area contributed by atoms with Gasteiger partial charge in [-0.2, -0.15) is 0 Å². The molecule has 1 saturated carbocycles. The van der Waals surface area contributed by atoms with Gasteiger partial charge in [0.05, 0.1) is 18.0 Å². The molecule has 6 aromatic rings. The molecule has 46 heavy (non-hydrogen) atoms. The van der Waals surface area contributed by atoms with Crippen molar-refractivity contribution in [2.24, 2.45) is 0 Å². The zero-order valence-electron chi connectivity index (χ0n) is 25.8. The van der Waals surface area contributed by atoms with Crippen molar-refractivity contribution in [1.82, 2.24) is 0 Å². The van der Waals surface area contributed by atoms with Crippen LogP contribution in [0.25, 0.3) is 43.1 Å². The summed E-state index contributed by atoms with van der Waals surface area (Å²) < 4.78 is 0. The average Bonchev–Trinajstić information content (AvgIpc) is 3.00. The highest BCUT2D eigenvalue weighted by molar-refractivity contribution is 6.22. The van der Waals surface area contributed by atoms with Gasteiger partial charge in [0.25, 0.3) is 0 Å². The largest absolute Gasteiger partial charge is 0.851 e. The van der Waals surface area contributed by atoms with E-state index >= 15 is 0 Å². The number of fused-ring (bicyclic) bond motifs is 4. The molecule has 2 aliphatic rings. The van der Waals surface area contributed by atoms with E-state index in [1.807, 2.05) is 67.2 Å². The molecule has 234 valence electrons. The molecular formula is C37H33N3O6-2. The van der Waals surface area contributed by atoms with Gasteiger partial charge in [0.2, 0.25) is 0 Å². The van der Waals surface area contributed by atoms with Gasteiger partial charge in [-0.3, -0.25) is 0 Å². The second-order valence-electron chi connectivity index (χ2n) is 12.9. The quantitative estimate of drug-likeness (QED) is 0.214. The van der Waals surface area contributed by atoms with Crippen LogP contribution in [0.2, 0.25) is 0 Å². The van der Waals surface area contributed by atoms with Gasteiger partial charge in [-0.05, 0) is 53.3 Å². The van der Waals surface area contributed by atoms with Crippen LogP contribution in [0.15, 0.2) is 66.7 Å². The summed E-state index contributed by atoms with van der Waals surface area (Å²) in [5, 5.41) is 78.9. The Labute approximate surface area is 265 Å². The standard InChI is InChI=1S/C37H33N3O6/c1-38(2)34-17-8-5-11-21(41)25(17)30(26-18(34)9-6-12-22(26)42)32-36(45)33(37(32)46)31-27-19(10-7-13-23(27)43)35-28-20(39(3)16-40(35)4)14-15-24(44)29(28)31/h5-15,32-33,36-37,41-44H,16H2,1-4H3/q-2. The average molecular weight is 616 g/mol. The van der Waals surface area contributed by atoms with Crippen molar-refractivity contribution < 1.29 is 30.6 Å². The first-order valence-corrected chi connectivity index (χ1v) is 15.3. The van der Waals surface area contributed by atoms with Crippen molar-refractivity contribution in [3.05, 3.63) is 77.9 Å². The van der Waals surface area contributed by atoms with Crippen molar-refractivity contribution >= 4 is 60.2 Å². The molecule has 6 aromatic carbocycles. The van der Waals surface area contributed by atoms with Gasteiger partial charge in [0.1, 0.15) is 23.0 Å². The lowest BCUT2D eigenvalue weighted by molar-refractivity contribution is -0.535. The third-order valence-corrected chi connectivity index (χ3v) is 10.1. The molecule has 0 amide bonds. The van der Waals surface area contributed by atoms with E-state index in [0.717, 1.165) is 17.1 Å². The lowest BCUT2D eigenvalue weighted by Gasteiger charge is -2.62. The maximum atomic E-state index is 14.7. The molecule has 1 aliphatic heterocycles. The third kappa shape index (κ3) is 3.52. The van der Waals surface area contributed by atoms with Crippen LogP contribution in [-0.2, 0) is 0 Å². The number of benzene rings is 6. The molecule has 0 bridgehead atoms. The summed E-state index contributed by atoms with van der Waals surface area (Å²) in [6.45, 7) is 0.562. The van der Waals surface area contributed by atoms with Crippen molar-refractivity contribution in [2.45, 2.75) is 24.0 Å². The first kappa shape index (κ1) is 28.4. The molecule has 0 spiro atoms.